The number of aromatic nitrogens is 3. The van der Waals surface area contributed by atoms with Crippen LogP contribution in [-0.4, -0.2) is 26.8 Å². The lowest BCUT2D eigenvalue weighted by Gasteiger charge is -2.12. The molecule has 0 unspecified atom stereocenters. The number of hydrogen-bond acceptors (Lipinski definition) is 3. The van der Waals surface area contributed by atoms with Gasteiger partial charge in [0.25, 0.3) is 0 Å². The second-order valence-corrected chi connectivity index (χ2v) is 6.07. The van der Waals surface area contributed by atoms with E-state index in [0.717, 1.165) is 12.8 Å². The zero-order chi connectivity index (χ0) is 18.0. The molecule has 2 aromatic rings. The number of aromatic amines is 1. The van der Waals surface area contributed by atoms with Crippen molar-refractivity contribution in [3.63, 3.8) is 0 Å². The van der Waals surface area contributed by atoms with Crippen LogP contribution in [0.2, 0.25) is 0 Å². The monoisotopic (exact) mass is 368 g/mol. The molecule has 1 saturated carbocycles. The molecular weight excluding hydrogens is 353 g/mol. The van der Waals surface area contributed by atoms with Gasteiger partial charge in [-0.25, -0.2) is 0 Å². The van der Waals surface area contributed by atoms with E-state index in [1.807, 2.05) is 0 Å². The van der Waals surface area contributed by atoms with Crippen LogP contribution < -0.4 is 5.32 Å². The highest BCUT2D eigenvalue weighted by molar-refractivity contribution is 7.71. The maximum atomic E-state index is 13.2. The molecule has 25 heavy (non-hydrogen) atoms. The number of amides is 1. The van der Waals surface area contributed by atoms with Gasteiger partial charge in [0.15, 0.2) is 10.6 Å². The standard InChI is InChI=1S/C16H15F3N4OS/c17-16(18,19)12(10-4-2-1-3-5-10)8-14(24)20-9-13-21-22-15(25)23(13)11-6-7-11/h1-5,8,11H,6-7,9H2,(H,20,24)(H,22,25)/b12-8+. The number of allylic oxidation sites excluding steroid dienone is 1. The molecule has 1 aromatic carbocycles. The zero-order valence-corrected chi connectivity index (χ0v) is 13.8. The summed E-state index contributed by atoms with van der Waals surface area (Å²) in [5.74, 6) is -0.338. The summed E-state index contributed by atoms with van der Waals surface area (Å²) >= 11 is 5.12. The predicted octanol–water partition coefficient (Wildman–Crippen LogP) is 3.54. The molecule has 9 heteroatoms. The first-order chi connectivity index (χ1) is 11.9. The number of alkyl halides is 3. The Labute approximate surface area is 146 Å². The second kappa shape index (κ2) is 6.83. The third-order valence-corrected chi connectivity index (χ3v) is 4.06. The van der Waals surface area contributed by atoms with Crippen molar-refractivity contribution in [1.82, 2.24) is 20.1 Å². The minimum atomic E-state index is -4.63. The molecule has 1 heterocycles. The van der Waals surface area contributed by atoms with Gasteiger partial charge in [0, 0.05) is 12.1 Å². The lowest BCUT2D eigenvalue weighted by atomic mass is 10.1. The van der Waals surface area contributed by atoms with Crippen molar-refractivity contribution in [1.29, 1.82) is 0 Å². The molecule has 1 aliphatic rings. The van der Waals surface area contributed by atoms with Crippen LogP contribution in [0.3, 0.4) is 0 Å². The second-order valence-electron chi connectivity index (χ2n) is 5.69. The SMILES string of the molecule is O=C(/C=C(\c1ccccc1)C(F)(F)F)NCc1n[nH]c(=S)n1C1CC1. The van der Waals surface area contributed by atoms with Gasteiger partial charge >= 0.3 is 6.18 Å². The minimum absolute atomic E-state index is 0.00109. The highest BCUT2D eigenvalue weighted by Gasteiger charge is 2.35. The number of nitrogens with zero attached hydrogens (tertiary/aromatic N) is 2. The smallest absolute Gasteiger partial charge is 0.345 e. The van der Waals surface area contributed by atoms with Gasteiger partial charge in [0.2, 0.25) is 5.91 Å². The van der Waals surface area contributed by atoms with Gasteiger partial charge in [-0.15, -0.1) is 0 Å². The van der Waals surface area contributed by atoms with Crippen molar-refractivity contribution >= 4 is 23.7 Å². The average Bonchev–Trinajstić information content (AvgIpc) is 3.33. The van der Waals surface area contributed by atoms with Gasteiger partial charge < -0.3 is 5.32 Å². The highest BCUT2D eigenvalue weighted by Crippen LogP contribution is 2.36. The third kappa shape index (κ3) is 4.16. The van der Waals surface area contributed by atoms with E-state index in [0.29, 0.717) is 16.7 Å². The van der Waals surface area contributed by atoms with Gasteiger partial charge in [-0.2, -0.15) is 18.3 Å². The summed E-state index contributed by atoms with van der Waals surface area (Å²) in [6, 6.07) is 7.46. The number of carbonyl (C=O) groups is 1. The quantitative estimate of drug-likeness (QED) is 0.627. The molecule has 1 amide bonds. The topological polar surface area (TPSA) is 62.7 Å². The summed E-state index contributed by atoms with van der Waals surface area (Å²) in [6.07, 6.45) is -2.12. The molecule has 0 saturated heterocycles. The van der Waals surface area contributed by atoms with Crippen molar-refractivity contribution in [3.8, 4) is 0 Å². The normalized spacial score (nSPS) is 15.2. The average molecular weight is 368 g/mol. The zero-order valence-electron chi connectivity index (χ0n) is 13.0. The van der Waals surface area contributed by atoms with Crippen molar-refractivity contribution < 1.29 is 18.0 Å². The molecule has 132 valence electrons. The maximum Gasteiger partial charge on any atom is 0.417 e. The summed E-state index contributed by atoms with van der Waals surface area (Å²) in [4.78, 5) is 12.0. The number of halogens is 3. The number of benzene rings is 1. The summed E-state index contributed by atoms with van der Waals surface area (Å²) in [6.45, 7) is -0.00109. The van der Waals surface area contributed by atoms with Gasteiger partial charge in [-0.05, 0) is 30.6 Å². The van der Waals surface area contributed by atoms with Crippen LogP contribution in [0.5, 0.6) is 0 Å². The lowest BCUT2D eigenvalue weighted by molar-refractivity contribution is -0.117. The van der Waals surface area contributed by atoms with Crippen LogP contribution in [-0.2, 0) is 11.3 Å². The first kappa shape index (κ1) is 17.4. The minimum Gasteiger partial charge on any atom is -0.345 e. The number of nitrogens with one attached hydrogen (secondary N) is 2. The Balaban J connectivity index is 1.75. The van der Waals surface area contributed by atoms with Crippen molar-refractivity contribution in [2.75, 3.05) is 0 Å². The van der Waals surface area contributed by atoms with Crippen LogP contribution in [0.15, 0.2) is 36.4 Å². The summed E-state index contributed by atoms with van der Waals surface area (Å²) in [5.41, 5.74) is -1.06. The van der Waals surface area contributed by atoms with Gasteiger partial charge in [0.1, 0.15) is 0 Å². The fourth-order valence-corrected chi connectivity index (χ4v) is 2.77. The Bertz CT molecular complexity index is 850. The van der Waals surface area contributed by atoms with E-state index in [2.05, 4.69) is 15.5 Å². The van der Waals surface area contributed by atoms with Gasteiger partial charge in [-0.1, -0.05) is 30.3 Å². The van der Waals surface area contributed by atoms with Crippen molar-refractivity contribution in [2.45, 2.75) is 31.6 Å². The molecule has 5 nitrogen and oxygen atoms in total. The Morgan fingerprint density at radius 1 is 1.36 bits per heavy atom. The predicted molar refractivity (Wildman–Crippen MR) is 88.0 cm³/mol. The van der Waals surface area contributed by atoms with Crippen LogP contribution in [0, 0.1) is 4.77 Å². The van der Waals surface area contributed by atoms with Crippen molar-refractivity contribution in [2.24, 2.45) is 0 Å². The maximum absolute atomic E-state index is 13.2. The molecule has 0 bridgehead atoms. The molecule has 0 radical (unpaired) electrons. The van der Waals surface area contributed by atoms with E-state index >= 15 is 0 Å². The molecule has 0 spiro atoms. The summed E-state index contributed by atoms with van der Waals surface area (Å²) < 4.78 is 41.9. The molecule has 0 aliphatic heterocycles. The molecule has 1 aliphatic carbocycles. The van der Waals surface area contributed by atoms with E-state index in [-0.39, 0.29) is 18.2 Å². The van der Waals surface area contributed by atoms with Gasteiger partial charge in [0.05, 0.1) is 12.1 Å². The number of H-pyrrole nitrogens is 1. The largest absolute Gasteiger partial charge is 0.417 e. The number of rotatable bonds is 5. The number of carbonyl (C=O) groups excluding carboxylic acids is 1. The van der Waals surface area contributed by atoms with Crippen LogP contribution in [0.25, 0.3) is 5.57 Å². The molecular formula is C16H15F3N4OS. The molecule has 0 atom stereocenters. The Kier molecular flexibility index (Phi) is 4.76. The Morgan fingerprint density at radius 3 is 2.64 bits per heavy atom. The van der Waals surface area contributed by atoms with Crippen LogP contribution in [0.1, 0.15) is 30.3 Å². The fraction of sp³-hybridized carbons (Fsp3) is 0.312. The van der Waals surface area contributed by atoms with Crippen molar-refractivity contribution in [3.05, 3.63) is 52.6 Å². The first-order valence-corrected chi connectivity index (χ1v) is 8.05. The fourth-order valence-electron chi connectivity index (χ4n) is 2.47. The first-order valence-electron chi connectivity index (χ1n) is 7.64. The van der Waals surface area contributed by atoms with E-state index in [1.54, 1.807) is 10.6 Å². The summed E-state index contributed by atoms with van der Waals surface area (Å²) in [7, 11) is 0. The van der Waals surface area contributed by atoms with Crippen LogP contribution in [0.4, 0.5) is 13.2 Å². The highest BCUT2D eigenvalue weighted by atomic mass is 32.1. The van der Waals surface area contributed by atoms with E-state index in [1.165, 1.54) is 24.3 Å². The summed E-state index contributed by atoms with van der Waals surface area (Å²) in [5, 5.41) is 9.11. The molecule has 1 aromatic heterocycles. The molecule has 1 fully saturated rings. The number of hydrogen-bond donors (Lipinski definition) is 2. The molecule has 2 N–H and O–H groups in total. The lowest BCUT2D eigenvalue weighted by Crippen LogP contribution is -2.24. The van der Waals surface area contributed by atoms with E-state index < -0.39 is 17.7 Å². The van der Waals surface area contributed by atoms with E-state index in [9.17, 15) is 18.0 Å². The molecule has 3 rings (SSSR count). The third-order valence-electron chi connectivity index (χ3n) is 3.78. The Morgan fingerprint density at radius 2 is 2.04 bits per heavy atom. The Hall–Kier alpha value is -2.42. The van der Waals surface area contributed by atoms with E-state index in [4.69, 9.17) is 12.2 Å². The van der Waals surface area contributed by atoms with Crippen LogP contribution >= 0.6 is 12.2 Å². The van der Waals surface area contributed by atoms with Gasteiger partial charge in [-0.3, -0.25) is 14.5 Å².